The Balaban J connectivity index is 1.10. The molecule has 24 nitrogen and oxygen atoms in total. The molecule has 0 aromatic rings. The summed E-state index contributed by atoms with van der Waals surface area (Å²) in [5, 5.41) is 149. The van der Waals surface area contributed by atoms with Gasteiger partial charge in [-0.2, -0.15) is 0 Å². The summed E-state index contributed by atoms with van der Waals surface area (Å²) in [6.07, 6.45) is -27.5. The van der Waals surface area contributed by atoms with Gasteiger partial charge in [0, 0.05) is 31.9 Å². The molecule has 7 fully saturated rings. The maximum atomic E-state index is 12.7. The van der Waals surface area contributed by atoms with Gasteiger partial charge in [0.25, 0.3) is 0 Å². The number of methoxy groups -OCH3 is 1. The summed E-state index contributed by atoms with van der Waals surface area (Å²) < 4.78 is 52.5. The first kappa shape index (κ1) is 53.1. The summed E-state index contributed by atoms with van der Waals surface area (Å²) in [5.74, 6) is -1.90. The molecule has 4 saturated heterocycles. The highest BCUT2D eigenvalue weighted by molar-refractivity contribution is 5.81. The average Bonchev–Trinajstić information content (AvgIpc) is 3.31. The highest BCUT2D eigenvalue weighted by Crippen LogP contribution is 2.44. The molecule has 0 bridgehead atoms. The molecule has 3 saturated carbocycles. The highest BCUT2D eigenvalue weighted by Gasteiger charge is 2.58. The molecule has 27 atom stereocenters. The number of carbonyl (C=O) groups excluding carboxylic acids is 1. The number of fused-ring (bicyclic) bond motifs is 1. The zero-order valence-corrected chi connectivity index (χ0v) is 37.1. The predicted octanol–water partition coefficient (Wildman–Crippen LogP) is -6.57. The van der Waals surface area contributed by atoms with Crippen LogP contribution in [0.3, 0.4) is 0 Å². The number of aliphatic hydroxyl groups excluding tert-OH is 14. The molecular weight excluding hydrogens is 900 g/mol. The lowest BCUT2D eigenvalue weighted by Crippen LogP contribution is -2.66. The van der Waals surface area contributed by atoms with Crippen LogP contribution in [0.15, 0.2) is 12.2 Å². The van der Waals surface area contributed by atoms with Crippen LogP contribution in [0.1, 0.15) is 57.8 Å². The lowest BCUT2D eigenvalue weighted by atomic mass is 9.72. The van der Waals surface area contributed by atoms with E-state index in [4.69, 9.17) is 42.6 Å². The number of ether oxygens (including phenoxy) is 9. The molecule has 0 spiro atoms. The van der Waals surface area contributed by atoms with Crippen LogP contribution < -0.4 is 0 Å². The molecule has 7 rings (SSSR count). The van der Waals surface area contributed by atoms with Gasteiger partial charge >= 0.3 is 5.97 Å². The summed E-state index contributed by atoms with van der Waals surface area (Å²) in [4.78, 5) is 12.7. The van der Waals surface area contributed by atoms with Crippen molar-refractivity contribution in [1.82, 2.24) is 0 Å². The summed E-state index contributed by atoms with van der Waals surface area (Å²) in [7, 11) is 1.47. The van der Waals surface area contributed by atoms with Gasteiger partial charge < -0.3 is 114 Å². The SMILES string of the molecule is COC1CC(C2[OH+]C3CC(O)CC(O[C@@H]4O[C@H](COC(=O)C=CC5CCC(O)C(O)C5)[C@@H](O)[C@H](O)[C@H]4O)C3CC2O[C@@H]2O[C@H](CO)[C@@H](O)[C@H](O)[C@H]2O[C@@H]2O[C@H](CO)[C@@H](O)[C@H](O)[C@H]2O)CCC1O. The molecule has 12 unspecified atom stereocenters. The van der Waals surface area contributed by atoms with E-state index in [1.54, 1.807) is 6.08 Å². The summed E-state index contributed by atoms with van der Waals surface area (Å²) in [5.41, 5.74) is 0. The lowest BCUT2D eigenvalue weighted by molar-refractivity contribution is -0.390. The first-order valence-electron chi connectivity index (χ1n) is 23.3. The Labute approximate surface area is 386 Å². The number of hydrogen-bond acceptors (Lipinski definition) is 23. The molecule has 4 heterocycles. The minimum absolute atomic E-state index is 0.0156. The molecule has 4 aliphatic heterocycles. The van der Waals surface area contributed by atoms with Gasteiger partial charge in [0.15, 0.2) is 31.1 Å². The van der Waals surface area contributed by atoms with E-state index >= 15 is 0 Å². The second-order valence-electron chi connectivity index (χ2n) is 19.2. The summed E-state index contributed by atoms with van der Waals surface area (Å²) >= 11 is 0. The molecule has 0 amide bonds. The molecule has 15 N–H and O–H groups in total. The second kappa shape index (κ2) is 23.3. The van der Waals surface area contributed by atoms with E-state index < -0.39 is 179 Å². The summed E-state index contributed by atoms with van der Waals surface area (Å²) in [6.45, 7) is -2.13. The Bertz CT molecular complexity index is 1590. The number of esters is 1. The largest absolute Gasteiger partial charge is 0.460 e. The lowest BCUT2D eigenvalue weighted by Gasteiger charge is -2.51. The van der Waals surface area contributed by atoms with Crippen molar-refractivity contribution >= 4 is 5.97 Å². The van der Waals surface area contributed by atoms with Crippen molar-refractivity contribution in [1.29, 1.82) is 0 Å². The standard InChI is InChI=1S/C43H70O24/c1-59-25-9-17(4-6-21(25)48)39-26(63-43-40(36(56)32(52)28(14-45)65-43)67-42-38(58)34(54)31(51)27(13-44)64-42)12-19-23(61-39)10-18(46)11-24(19)62-41-37(57)35(55)33(53)29(66-41)15-60-30(50)7-3-16-2-5-20(47)22(49)8-16/h3,7,16-29,31-49,51-58H,2,4-6,8-15H2,1H3/p+1/t16?,17?,18?,19?,20?,21?,22?,23?,24?,25?,26?,27-,28-,29-,31-,32-,33-,34+,35+,36+,37-,38-,39?,40-,41-,42+,43-/m1/s1. The van der Waals surface area contributed by atoms with Gasteiger partial charge in [-0.15, -0.1) is 0 Å². The van der Waals surface area contributed by atoms with E-state index in [0.29, 0.717) is 32.1 Å². The predicted molar refractivity (Wildman–Crippen MR) is 220 cm³/mol. The third kappa shape index (κ3) is 12.0. The Hall–Kier alpha value is -1.67. The van der Waals surface area contributed by atoms with Crippen LogP contribution in [0.4, 0.5) is 0 Å². The normalized spacial score (nSPS) is 51.0. The molecular formula is C43H71O24+. The average molecular weight is 972 g/mol. The monoisotopic (exact) mass is 971 g/mol. The van der Waals surface area contributed by atoms with Crippen molar-refractivity contribution < 1.29 is 119 Å². The highest BCUT2D eigenvalue weighted by atomic mass is 16.8. The smallest absolute Gasteiger partial charge is 0.330 e. The number of rotatable bonds is 14. The number of aliphatic hydroxyl groups is 16. The van der Waals surface area contributed by atoms with E-state index in [1.807, 2.05) is 0 Å². The molecule has 0 aromatic heterocycles. The fourth-order valence-corrected chi connectivity index (χ4v) is 10.8. The Morgan fingerprint density at radius 2 is 1.18 bits per heavy atom. The van der Waals surface area contributed by atoms with E-state index in [2.05, 4.69) is 0 Å². The van der Waals surface area contributed by atoms with E-state index in [9.17, 15) is 76.3 Å². The van der Waals surface area contributed by atoms with Gasteiger partial charge in [-0.25, -0.2) is 4.79 Å². The fourth-order valence-electron chi connectivity index (χ4n) is 10.8. The number of carbonyl (C=O) groups is 1. The third-order valence-electron chi connectivity index (χ3n) is 14.8. The van der Waals surface area contributed by atoms with Gasteiger partial charge in [0.1, 0.15) is 86.0 Å². The molecule has 386 valence electrons. The Morgan fingerprint density at radius 1 is 0.582 bits per heavy atom. The number of allylic oxidation sites excluding steroid dienone is 1. The van der Waals surface area contributed by atoms with Crippen LogP contribution in [-0.4, -0.2) is 256 Å². The van der Waals surface area contributed by atoms with Crippen LogP contribution in [0, 0.1) is 17.8 Å². The van der Waals surface area contributed by atoms with Crippen LogP contribution in [0.5, 0.6) is 0 Å². The van der Waals surface area contributed by atoms with Gasteiger partial charge in [0.2, 0.25) is 0 Å². The van der Waals surface area contributed by atoms with Gasteiger partial charge in [0.05, 0.1) is 55.8 Å². The zero-order chi connectivity index (χ0) is 48.4. The zero-order valence-electron chi connectivity index (χ0n) is 37.1. The van der Waals surface area contributed by atoms with Crippen molar-refractivity contribution in [3.8, 4) is 0 Å². The molecule has 67 heavy (non-hydrogen) atoms. The van der Waals surface area contributed by atoms with Crippen molar-refractivity contribution in [2.24, 2.45) is 17.8 Å². The first-order chi connectivity index (χ1) is 31.9. The Morgan fingerprint density at radius 3 is 1.84 bits per heavy atom. The van der Waals surface area contributed by atoms with Crippen LogP contribution >= 0.6 is 0 Å². The molecule has 24 heteroatoms. The first-order valence-corrected chi connectivity index (χ1v) is 23.3. The fraction of sp³-hybridized carbons (Fsp3) is 0.930. The van der Waals surface area contributed by atoms with Crippen LogP contribution in [0.2, 0.25) is 0 Å². The minimum Gasteiger partial charge on any atom is -0.460 e. The molecule has 0 radical (unpaired) electrons. The molecule has 0 aromatic carbocycles. The van der Waals surface area contributed by atoms with E-state index in [0.717, 1.165) is 6.08 Å². The minimum atomic E-state index is -1.91. The quantitative estimate of drug-likeness (QED) is 0.0437. The van der Waals surface area contributed by atoms with Gasteiger partial charge in [-0.05, 0) is 50.9 Å². The van der Waals surface area contributed by atoms with Crippen LogP contribution in [0.25, 0.3) is 0 Å². The maximum absolute atomic E-state index is 12.7. The molecule has 7 aliphatic rings. The number of hydrogen-bond donors (Lipinski definition) is 14. The maximum Gasteiger partial charge on any atom is 0.330 e. The topological polar surface area (TPSA) is 387 Å². The van der Waals surface area contributed by atoms with E-state index in [-0.39, 0.29) is 37.5 Å². The second-order valence-corrected chi connectivity index (χ2v) is 19.2. The van der Waals surface area contributed by atoms with Gasteiger partial charge in [-0.3, -0.25) is 0 Å². The van der Waals surface area contributed by atoms with E-state index in [1.165, 1.54) is 7.11 Å². The van der Waals surface area contributed by atoms with Crippen LogP contribution in [-0.2, 0) is 42.7 Å². The van der Waals surface area contributed by atoms with Crippen molar-refractivity contribution in [3.63, 3.8) is 0 Å². The Kier molecular flexibility index (Phi) is 18.4. The third-order valence-corrected chi connectivity index (χ3v) is 14.8. The van der Waals surface area contributed by atoms with Crippen molar-refractivity contribution in [2.45, 2.75) is 205 Å². The van der Waals surface area contributed by atoms with Gasteiger partial charge in [-0.1, -0.05) is 6.08 Å². The van der Waals surface area contributed by atoms with Crippen molar-refractivity contribution in [3.05, 3.63) is 12.2 Å². The van der Waals surface area contributed by atoms with Crippen molar-refractivity contribution in [2.75, 3.05) is 26.9 Å². The summed E-state index contributed by atoms with van der Waals surface area (Å²) in [6, 6.07) is 0. The molecule has 3 aliphatic carbocycles.